The lowest BCUT2D eigenvalue weighted by Gasteiger charge is -2.08. The number of benzene rings is 1. The third-order valence-corrected chi connectivity index (χ3v) is 4.87. The van der Waals surface area contributed by atoms with Gasteiger partial charge in [-0.15, -0.1) is 11.3 Å². The maximum atomic E-state index is 12.6. The number of pyridine rings is 1. The second-order valence-electron chi connectivity index (χ2n) is 5.14. The molecule has 0 fully saturated rings. The molecule has 0 aliphatic heterocycles. The number of carbonyl (C=O) groups is 1. The molecule has 0 bridgehead atoms. The number of nitrogen functional groups attached to an aromatic ring is 2. The lowest BCUT2D eigenvalue weighted by atomic mass is 10.2. The molecule has 8 heteroatoms. The normalized spacial score (nSPS) is 10.5. The summed E-state index contributed by atoms with van der Waals surface area (Å²) in [6.45, 7) is 1.86. The summed E-state index contributed by atoms with van der Waals surface area (Å²) in [4.78, 5) is 17.5. The van der Waals surface area contributed by atoms with Crippen molar-refractivity contribution in [1.82, 2.24) is 4.98 Å². The molecule has 5 N–H and O–H groups in total. The average Bonchev–Trinajstić information content (AvgIpc) is 2.86. The molecule has 0 aliphatic rings. The number of fused-ring (bicyclic) bond motifs is 1. The zero-order valence-electron chi connectivity index (χ0n) is 12.6. The van der Waals surface area contributed by atoms with Gasteiger partial charge in [0.1, 0.15) is 21.6 Å². The van der Waals surface area contributed by atoms with E-state index >= 15 is 0 Å². The number of hydrogen-bond donors (Lipinski definition) is 3. The number of halogens is 1. The van der Waals surface area contributed by atoms with Crippen LogP contribution in [0.15, 0.2) is 24.3 Å². The second kappa shape index (κ2) is 6.00. The van der Waals surface area contributed by atoms with Gasteiger partial charge in [0.2, 0.25) is 0 Å². The lowest BCUT2D eigenvalue weighted by Crippen LogP contribution is -2.12. The third kappa shape index (κ3) is 2.73. The summed E-state index contributed by atoms with van der Waals surface area (Å²) in [6.07, 6.45) is 0. The Morgan fingerprint density at radius 1 is 1.38 bits per heavy atom. The number of thiophene rings is 1. The molecule has 3 aromatic rings. The Bertz CT molecular complexity index is 1020. The smallest absolute Gasteiger partial charge is 0.267 e. The van der Waals surface area contributed by atoms with Crippen molar-refractivity contribution in [3.63, 3.8) is 0 Å². The summed E-state index contributed by atoms with van der Waals surface area (Å²) in [7, 11) is 0. The molecule has 2 aromatic heterocycles. The summed E-state index contributed by atoms with van der Waals surface area (Å²) in [5, 5.41) is 12.9. The number of aryl methyl sites for hydroxylation is 1. The topological polar surface area (TPSA) is 118 Å². The SMILES string of the molecule is Cc1ccc(Cl)cc1NC(=O)c1sc2nc(N)c(C#N)cc2c1N. The molecule has 120 valence electrons. The molecule has 1 amide bonds. The molecule has 24 heavy (non-hydrogen) atoms. The van der Waals surface area contributed by atoms with E-state index in [0.717, 1.165) is 16.9 Å². The van der Waals surface area contributed by atoms with E-state index in [2.05, 4.69) is 10.3 Å². The minimum atomic E-state index is -0.363. The van der Waals surface area contributed by atoms with E-state index in [1.54, 1.807) is 18.2 Å². The van der Waals surface area contributed by atoms with Crippen LogP contribution in [0.1, 0.15) is 20.8 Å². The highest BCUT2D eigenvalue weighted by molar-refractivity contribution is 7.21. The van der Waals surface area contributed by atoms with Crippen molar-refractivity contribution >= 4 is 56.3 Å². The van der Waals surface area contributed by atoms with Crippen molar-refractivity contribution in [2.75, 3.05) is 16.8 Å². The van der Waals surface area contributed by atoms with Gasteiger partial charge in [0, 0.05) is 16.1 Å². The van der Waals surface area contributed by atoms with Gasteiger partial charge in [-0.25, -0.2) is 4.98 Å². The minimum Gasteiger partial charge on any atom is -0.397 e. The van der Waals surface area contributed by atoms with Gasteiger partial charge in [0.25, 0.3) is 5.91 Å². The van der Waals surface area contributed by atoms with Gasteiger partial charge < -0.3 is 16.8 Å². The highest BCUT2D eigenvalue weighted by Crippen LogP contribution is 2.35. The van der Waals surface area contributed by atoms with Crippen molar-refractivity contribution in [1.29, 1.82) is 5.26 Å². The van der Waals surface area contributed by atoms with Crippen LogP contribution in [0.2, 0.25) is 5.02 Å². The lowest BCUT2D eigenvalue weighted by molar-refractivity contribution is 0.103. The van der Waals surface area contributed by atoms with Gasteiger partial charge in [0.05, 0.1) is 11.3 Å². The third-order valence-electron chi connectivity index (χ3n) is 3.53. The van der Waals surface area contributed by atoms with E-state index in [1.807, 2.05) is 19.1 Å². The Labute approximate surface area is 146 Å². The quantitative estimate of drug-likeness (QED) is 0.648. The van der Waals surface area contributed by atoms with E-state index < -0.39 is 0 Å². The van der Waals surface area contributed by atoms with Crippen molar-refractivity contribution in [3.05, 3.63) is 45.3 Å². The molecule has 0 aliphatic carbocycles. The summed E-state index contributed by atoms with van der Waals surface area (Å²) in [6, 6.07) is 8.73. The van der Waals surface area contributed by atoms with E-state index in [-0.39, 0.29) is 23.0 Å². The molecule has 0 spiro atoms. The first kappa shape index (κ1) is 16.1. The first-order valence-corrected chi connectivity index (χ1v) is 8.06. The Balaban J connectivity index is 2.03. The van der Waals surface area contributed by atoms with Crippen LogP contribution < -0.4 is 16.8 Å². The molecule has 2 heterocycles. The fourth-order valence-electron chi connectivity index (χ4n) is 2.22. The Hall–Kier alpha value is -2.82. The number of carbonyl (C=O) groups excluding carboxylic acids is 1. The molecule has 0 atom stereocenters. The second-order valence-corrected chi connectivity index (χ2v) is 6.58. The molecule has 0 saturated carbocycles. The van der Waals surface area contributed by atoms with Crippen LogP contribution in [-0.4, -0.2) is 10.9 Å². The summed E-state index contributed by atoms with van der Waals surface area (Å²) < 4.78 is 0. The molecule has 3 rings (SSSR count). The molecule has 0 saturated heterocycles. The summed E-state index contributed by atoms with van der Waals surface area (Å²) >= 11 is 7.09. The first-order chi connectivity index (χ1) is 11.4. The summed E-state index contributed by atoms with van der Waals surface area (Å²) in [5.74, 6) is -0.248. The van der Waals surface area contributed by atoms with Crippen molar-refractivity contribution in [2.24, 2.45) is 0 Å². The monoisotopic (exact) mass is 357 g/mol. The molecule has 0 radical (unpaired) electrons. The minimum absolute atomic E-state index is 0.115. The number of rotatable bonds is 2. The van der Waals surface area contributed by atoms with E-state index in [0.29, 0.717) is 25.8 Å². The Morgan fingerprint density at radius 3 is 2.83 bits per heavy atom. The standard InChI is InChI=1S/C16H12ClN5OS/c1-7-2-3-9(17)5-11(7)21-15(23)13-12(19)10-4-8(6-18)14(20)22-16(10)24-13/h2-5H,19H2,1H3,(H2,20,22)(H,21,23). The van der Waals surface area contributed by atoms with Gasteiger partial charge >= 0.3 is 0 Å². The van der Waals surface area contributed by atoms with Crippen molar-refractivity contribution < 1.29 is 4.79 Å². The van der Waals surface area contributed by atoms with Crippen molar-refractivity contribution in [2.45, 2.75) is 6.92 Å². The van der Waals surface area contributed by atoms with Crippen LogP contribution in [0.4, 0.5) is 17.2 Å². The predicted octanol–water partition coefficient (Wildman–Crippen LogP) is 3.55. The molecular weight excluding hydrogens is 346 g/mol. The van der Waals surface area contributed by atoms with Crippen LogP contribution in [-0.2, 0) is 0 Å². The Morgan fingerprint density at radius 2 is 2.12 bits per heavy atom. The molecule has 0 unspecified atom stereocenters. The summed E-state index contributed by atoms with van der Waals surface area (Å²) in [5.41, 5.74) is 13.8. The number of hydrogen-bond acceptors (Lipinski definition) is 6. The fraction of sp³-hybridized carbons (Fsp3) is 0.0625. The van der Waals surface area contributed by atoms with Crippen LogP contribution in [0.3, 0.4) is 0 Å². The van der Waals surface area contributed by atoms with Gasteiger partial charge in [-0.1, -0.05) is 17.7 Å². The number of aromatic nitrogens is 1. The van der Waals surface area contributed by atoms with E-state index in [1.165, 1.54) is 0 Å². The average molecular weight is 358 g/mol. The number of nitrogens with zero attached hydrogens (tertiary/aromatic N) is 2. The largest absolute Gasteiger partial charge is 0.397 e. The predicted molar refractivity (Wildman–Crippen MR) is 97.3 cm³/mol. The van der Waals surface area contributed by atoms with Crippen molar-refractivity contribution in [3.8, 4) is 6.07 Å². The molecule has 1 aromatic carbocycles. The van der Waals surface area contributed by atoms with Gasteiger partial charge in [0.15, 0.2) is 0 Å². The number of nitrogens with one attached hydrogen (secondary N) is 1. The maximum absolute atomic E-state index is 12.6. The zero-order valence-corrected chi connectivity index (χ0v) is 14.1. The fourth-order valence-corrected chi connectivity index (χ4v) is 3.37. The van der Waals surface area contributed by atoms with Crippen LogP contribution in [0.5, 0.6) is 0 Å². The highest BCUT2D eigenvalue weighted by atomic mass is 35.5. The van der Waals surface area contributed by atoms with Gasteiger partial charge in [-0.2, -0.15) is 5.26 Å². The van der Waals surface area contributed by atoms with E-state index in [4.69, 9.17) is 28.3 Å². The molecule has 6 nitrogen and oxygen atoms in total. The van der Waals surface area contributed by atoms with Crippen LogP contribution >= 0.6 is 22.9 Å². The van der Waals surface area contributed by atoms with Gasteiger partial charge in [-0.3, -0.25) is 4.79 Å². The van der Waals surface area contributed by atoms with Crippen LogP contribution in [0, 0.1) is 18.3 Å². The van der Waals surface area contributed by atoms with Crippen LogP contribution in [0.25, 0.3) is 10.2 Å². The van der Waals surface area contributed by atoms with Gasteiger partial charge in [-0.05, 0) is 30.7 Å². The molecular formula is C16H12ClN5OS. The number of nitrogens with two attached hydrogens (primary N) is 2. The van der Waals surface area contributed by atoms with E-state index in [9.17, 15) is 4.79 Å². The number of amides is 1. The number of nitriles is 1. The first-order valence-electron chi connectivity index (χ1n) is 6.86. The number of anilines is 3. The Kier molecular flexibility index (Phi) is 4.01. The highest BCUT2D eigenvalue weighted by Gasteiger charge is 2.19. The zero-order chi connectivity index (χ0) is 17.4. The maximum Gasteiger partial charge on any atom is 0.267 e.